The van der Waals surface area contributed by atoms with Gasteiger partial charge in [-0.25, -0.2) is 4.98 Å². The third-order valence-corrected chi connectivity index (χ3v) is 3.10. The number of ether oxygens (including phenoxy) is 2. The summed E-state index contributed by atoms with van der Waals surface area (Å²) in [5, 5.41) is 4.48. The van der Waals surface area contributed by atoms with Gasteiger partial charge in [-0.05, 0) is 24.6 Å². The third kappa shape index (κ3) is 3.43. The summed E-state index contributed by atoms with van der Waals surface area (Å²) in [4.78, 5) is 4.63. The van der Waals surface area contributed by atoms with Gasteiger partial charge < -0.3 is 14.8 Å². The van der Waals surface area contributed by atoms with E-state index < -0.39 is 0 Å². The summed E-state index contributed by atoms with van der Waals surface area (Å²) >= 11 is 0. The van der Waals surface area contributed by atoms with Gasteiger partial charge in [0.1, 0.15) is 5.82 Å². The Bertz CT molecular complexity index is 543. The number of fused-ring (bicyclic) bond motifs is 1. The number of rotatable bonds is 6. The number of hydrogen-bond acceptors (Lipinski definition) is 4. The van der Waals surface area contributed by atoms with Gasteiger partial charge in [-0.15, -0.1) is 0 Å². The van der Waals surface area contributed by atoms with Crippen molar-refractivity contribution < 1.29 is 9.47 Å². The fraction of sp³-hybridized carbons (Fsp3) is 0.400. The van der Waals surface area contributed by atoms with Gasteiger partial charge in [-0.2, -0.15) is 0 Å². The van der Waals surface area contributed by atoms with E-state index in [1.807, 2.05) is 18.2 Å². The van der Waals surface area contributed by atoms with Crippen LogP contribution in [0.3, 0.4) is 0 Å². The van der Waals surface area contributed by atoms with Crippen molar-refractivity contribution in [1.82, 2.24) is 4.98 Å². The SMILES string of the molecule is COCC(CNc1nc2ccccc2cc1C)OC. The lowest BCUT2D eigenvalue weighted by Gasteiger charge is -2.16. The zero-order chi connectivity index (χ0) is 13.7. The standard InChI is InChI=1S/C15H20N2O2/c1-11-8-12-6-4-5-7-14(12)17-15(11)16-9-13(19-3)10-18-2/h4-8,13H,9-10H2,1-3H3,(H,16,17). The van der Waals surface area contributed by atoms with E-state index in [1.165, 1.54) is 0 Å². The number of benzene rings is 1. The molecule has 1 atom stereocenters. The number of methoxy groups -OCH3 is 2. The van der Waals surface area contributed by atoms with Gasteiger partial charge in [0.05, 0.1) is 18.2 Å². The fourth-order valence-corrected chi connectivity index (χ4v) is 2.01. The van der Waals surface area contributed by atoms with Crippen LogP contribution in [0.1, 0.15) is 5.56 Å². The van der Waals surface area contributed by atoms with Crippen molar-refractivity contribution in [2.75, 3.05) is 32.7 Å². The number of pyridine rings is 1. The van der Waals surface area contributed by atoms with Crippen LogP contribution < -0.4 is 5.32 Å². The van der Waals surface area contributed by atoms with Crippen LogP contribution in [-0.2, 0) is 9.47 Å². The zero-order valence-corrected chi connectivity index (χ0v) is 11.6. The first-order valence-electron chi connectivity index (χ1n) is 6.36. The van der Waals surface area contributed by atoms with Crippen molar-refractivity contribution in [3.63, 3.8) is 0 Å². The monoisotopic (exact) mass is 260 g/mol. The van der Waals surface area contributed by atoms with E-state index in [1.54, 1.807) is 14.2 Å². The summed E-state index contributed by atoms with van der Waals surface area (Å²) in [7, 11) is 3.36. The highest BCUT2D eigenvalue weighted by molar-refractivity contribution is 5.81. The Morgan fingerprint density at radius 2 is 2.05 bits per heavy atom. The van der Waals surface area contributed by atoms with E-state index in [2.05, 4.69) is 29.4 Å². The molecule has 0 fully saturated rings. The molecule has 1 aromatic heterocycles. The first kappa shape index (κ1) is 13.8. The predicted octanol–water partition coefficient (Wildman–Crippen LogP) is 2.62. The Morgan fingerprint density at radius 3 is 2.79 bits per heavy atom. The largest absolute Gasteiger partial charge is 0.382 e. The van der Waals surface area contributed by atoms with Crippen LogP contribution in [0, 0.1) is 6.92 Å². The number of para-hydroxylation sites is 1. The second-order valence-electron chi connectivity index (χ2n) is 4.54. The molecule has 1 unspecified atom stereocenters. The number of aryl methyl sites for hydroxylation is 1. The summed E-state index contributed by atoms with van der Waals surface area (Å²) in [6.45, 7) is 3.30. The molecule has 1 aromatic carbocycles. The molecule has 4 nitrogen and oxygen atoms in total. The third-order valence-electron chi connectivity index (χ3n) is 3.10. The maximum absolute atomic E-state index is 5.32. The lowest BCUT2D eigenvalue weighted by Crippen LogP contribution is -2.27. The number of hydrogen-bond donors (Lipinski definition) is 1. The van der Waals surface area contributed by atoms with Crippen LogP contribution >= 0.6 is 0 Å². The predicted molar refractivity (Wildman–Crippen MR) is 77.6 cm³/mol. The molecule has 4 heteroatoms. The highest BCUT2D eigenvalue weighted by Gasteiger charge is 2.08. The lowest BCUT2D eigenvalue weighted by molar-refractivity contribution is 0.0365. The minimum absolute atomic E-state index is 0.0256. The Morgan fingerprint density at radius 1 is 1.26 bits per heavy atom. The highest BCUT2D eigenvalue weighted by atomic mass is 16.5. The average Bonchev–Trinajstić information content (AvgIpc) is 2.43. The average molecular weight is 260 g/mol. The van der Waals surface area contributed by atoms with Crippen molar-refractivity contribution in [1.29, 1.82) is 0 Å². The maximum atomic E-state index is 5.32. The smallest absolute Gasteiger partial charge is 0.129 e. The molecule has 1 heterocycles. The second-order valence-corrected chi connectivity index (χ2v) is 4.54. The van der Waals surface area contributed by atoms with Gasteiger partial charge in [0.2, 0.25) is 0 Å². The van der Waals surface area contributed by atoms with Crippen LogP contribution in [-0.4, -0.2) is 38.5 Å². The molecule has 0 aliphatic heterocycles. The van der Waals surface area contributed by atoms with Crippen molar-refractivity contribution in [3.05, 3.63) is 35.9 Å². The molecule has 1 N–H and O–H groups in total. The molecule has 0 amide bonds. The van der Waals surface area contributed by atoms with Crippen molar-refractivity contribution >= 4 is 16.7 Å². The van der Waals surface area contributed by atoms with Gasteiger partial charge in [-0.1, -0.05) is 18.2 Å². The lowest BCUT2D eigenvalue weighted by atomic mass is 10.1. The van der Waals surface area contributed by atoms with E-state index in [0.717, 1.165) is 22.3 Å². The first-order valence-corrected chi connectivity index (χ1v) is 6.36. The molecule has 2 aromatic rings. The molecular formula is C15H20N2O2. The quantitative estimate of drug-likeness (QED) is 0.867. The minimum atomic E-state index is 0.0256. The zero-order valence-electron chi connectivity index (χ0n) is 11.6. The normalized spacial score (nSPS) is 12.6. The van der Waals surface area contributed by atoms with Crippen LogP contribution in [0.4, 0.5) is 5.82 Å². The molecule has 2 rings (SSSR count). The van der Waals surface area contributed by atoms with Crippen LogP contribution in [0.25, 0.3) is 10.9 Å². The molecule has 0 saturated heterocycles. The van der Waals surface area contributed by atoms with E-state index >= 15 is 0 Å². The van der Waals surface area contributed by atoms with Gasteiger partial charge in [0.25, 0.3) is 0 Å². The van der Waals surface area contributed by atoms with Crippen LogP contribution in [0.5, 0.6) is 0 Å². The topological polar surface area (TPSA) is 43.4 Å². The van der Waals surface area contributed by atoms with E-state index in [0.29, 0.717) is 13.2 Å². The Labute approximate surface area is 113 Å². The Balaban J connectivity index is 2.13. The number of nitrogens with one attached hydrogen (secondary N) is 1. The second kappa shape index (κ2) is 6.50. The van der Waals surface area contributed by atoms with Crippen molar-refractivity contribution in [2.45, 2.75) is 13.0 Å². The van der Waals surface area contributed by atoms with Gasteiger partial charge in [-0.3, -0.25) is 0 Å². The number of aromatic nitrogens is 1. The van der Waals surface area contributed by atoms with Gasteiger partial charge >= 0.3 is 0 Å². The summed E-state index contributed by atoms with van der Waals surface area (Å²) in [5.74, 6) is 0.900. The number of nitrogens with zero attached hydrogens (tertiary/aromatic N) is 1. The Kier molecular flexibility index (Phi) is 4.71. The molecule has 0 saturated carbocycles. The molecule has 102 valence electrons. The molecule has 0 spiro atoms. The van der Waals surface area contributed by atoms with Gasteiger partial charge in [0.15, 0.2) is 0 Å². The summed E-state index contributed by atoms with van der Waals surface area (Å²) in [5.41, 5.74) is 2.13. The molecule has 0 aliphatic rings. The first-order chi connectivity index (χ1) is 9.24. The van der Waals surface area contributed by atoms with Gasteiger partial charge in [0, 0.05) is 26.2 Å². The summed E-state index contributed by atoms with van der Waals surface area (Å²) in [6, 6.07) is 10.3. The highest BCUT2D eigenvalue weighted by Crippen LogP contribution is 2.19. The number of anilines is 1. The molecule has 0 aliphatic carbocycles. The fourth-order valence-electron chi connectivity index (χ4n) is 2.01. The van der Waals surface area contributed by atoms with E-state index in [4.69, 9.17) is 9.47 Å². The Hall–Kier alpha value is -1.65. The van der Waals surface area contributed by atoms with E-state index in [-0.39, 0.29) is 6.10 Å². The molecule has 0 radical (unpaired) electrons. The summed E-state index contributed by atoms with van der Waals surface area (Å²) < 4.78 is 10.4. The summed E-state index contributed by atoms with van der Waals surface area (Å²) in [6.07, 6.45) is 0.0256. The molecular weight excluding hydrogens is 240 g/mol. The van der Waals surface area contributed by atoms with E-state index in [9.17, 15) is 0 Å². The van der Waals surface area contributed by atoms with Crippen LogP contribution in [0.15, 0.2) is 30.3 Å². The van der Waals surface area contributed by atoms with Crippen molar-refractivity contribution in [2.24, 2.45) is 0 Å². The minimum Gasteiger partial charge on any atom is -0.382 e. The maximum Gasteiger partial charge on any atom is 0.129 e. The molecule has 0 bridgehead atoms. The van der Waals surface area contributed by atoms with Crippen LogP contribution in [0.2, 0.25) is 0 Å². The van der Waals surface area contributed by atoms with Crippen molar-refractivity contribution in [3.8, 4) is 0 Å². The molecule has 19 heavy (non-hydrogen) atoms.